The van der Waals surface area contributed by atoms with Crippen LogP contribution in [0.1, 0.15) is 47.8 Å². The molecule has 3 heterocycles. The first kappa shape index (κ1) is 36.1. The van der Waals surface area contributed by atoms with Crippen molar-refractivity contribution in [2.75, 3.05) is 24.7 Å². The number of alkyl halides is 2. The van der Waals surface area contributed by atoms with E-state index >= 15 is 4.39 Å². The Bertz CT molecular complexity index is 1620. The highest BCUT2D eigenvalue weighted by Gasteiger charge is 2.61. The highest BCUT2D eigenvalue weighted by Crippen LogP contribution is 2.50. The zero-order chi connectivity index (χ0) is 34.7. The number of benzene rings is 1. The molecule has 258 valence electrons. The monoisotopic (exact) mass is 701 g/mol. The molecule has 3 aromatic rings. The number of nitrogen functional groups attached to an aromatic ring is 1. The molecule has 16 nitrogen and oxygen atoms in total. The Labute approximate surface area is 275 Å². The molecule has 4 N–H and O–H groups in total. The maximum atomic E-state index is 16.7. The summed E-state index contributed by atoms with van der Waals surface area (Å²) in [5.41, 5.74) is 5.12. The van der Waals surface area contributed by atoms with Crippen LogP contribution in [0.25, 0.3) is 11.2 Å². The molecule has 1 saturated heterocycles. The molecular formula is C28H38ClFN7O9P. The van der Waals surface area contributed by atoms with E-state index in [1.165, 1.54) is 25.4 Å². The van der Waals surface area contributed by atoms with Gasteiger partial charge < -0.3 is 34.5 Å². The van der Waals surface area contributed by atoms with Gasteiger partial charge in [0, 0.05) is 7.05 Å². The van der Waals surface area contributed by atoms with E-state index in [1.54, 1.807) is 59.9 Å². The Morgan fingerprint density at radius 3 is 2.51 bits per heavy atom. The Morgan fingerprint density at radius 2 is 1.89 bits per heavy atom. The third kappa shape index (κ3) is 8.78. The number of hydrogen-bond acceptors (Lipinski definition) is 14. The zero-order valence-electron chi connectivity index (χ0n) is 26.8. The van der Waals surface area contributed by atoms with E-state index in [-0.39, 0.29) is 28.7 Å². The molecule has 19 heteroatoms. The van der Waals surface area contributed by atoms with E-state index in [0.29, 0.717) is 0 Å². The lowest BCUT2D eigenvalue weighted by Crippen LogP contribution is -2.44. The number of nitrogens with two attached hydrogens (primary N) is 1. The van der Waals surface area contributed by atoms with E-state index in [2.05, 4.69) is 25.4 Å². The number of carbonyl (C=O) groups is 2. The largest absolute Gasteiger partial charge is 0.509 e. The molecule has 0 bridgehead atoms. The standard InChI is InChI=1S/C28H38ClFN7O9P/c1-15(2)42-23(38)16(3)36-47(40,46-17-11-9-8-10-12-17)41-13-18-20(44-26(39)45-27(4,5)6)28(29,30)24(43-18)37-14-33-19-21(32-7)34-25(31)35-22(19)37/h8-12,14-16,18,20,24H,13H2,1-7H3,(H,36,40)(H3,31,32,34,35)/t16-,18+,20+,24+,28+,47+/m0/s1. The van der Waals surface area contributed by atoms with Gasteiger partial charge in [0.1, 0.15) is 23.5 Å². The number of imidazole rings is 1. The van der Waals surface area contributed by atoms with Crippen LogP contribution in [-0.2, 0) is 32.8 Å². The van der Waals surface area contributed by atoms with Gasteiger partial charge in [-0.1, -0.05) is 29.8 Å². The molecule has 0 aliphatic carbocycles. The van der Waals surface area contributed by atoms with Crippen LogP contribution in [0.5, 0.6) is 5.75 Å². The molecule has 0 amide bonds. The summed E-state index contributed by atoms with van der Waals surface area (Å²) in [5, 5.41) is 2.36. The second kappa shape index (κ2) is 14.2. The van der Waals surface area contributed by atoms with Crippen molar-refractivity contribution in [2.24, 2.45) is 0 Å². The molecule has 0 radical (unpaired) electrons. The summed E-state index contributed by atoms with van der Waals surface area (Å²) in [6.07, 6.45) is -5.69. The van der Waals surface area contributed by atoms with Crippen molar-refractivity contribution >= 4 is 54.4 Å². The van der Waals surface area contributed by atoms with Gasteiger partial charge in [-0.2, -0.15) is 15.1 Å². The van der Waals surface area contributed by atoms with Crippen molar-refractivity contribution < 1.29 is 46.5 Å². The van der Waals surface area contributed by atoms with Crippen LogP contribution in [0, 0.1) is 0 Å². The van der Waals surface area contributed by atoms with E-state index in [4.69, 9.17) is 45.3 Å². The predicted octanol–water partition coefficient (Wildman–Crippen LogP) is 4.71. The number of fused-ring (bicyclic) bond motifs is 1. The lowest BCUT2D eigenvalue weighted by molar-refractivity contribution is -0.149. The van der Waals surface area contributed by atoms with Gasteiger partial charge in [0.25, 0.3) is 5.13 Å². The van der Waals surface area contributed by atoms with Crippen molar-refractivity contribution in [1.29, 1.82) is 0 Å². The Hall–Kier alpha value is -3.76. The number of carbonyl (C=O) groups excluding carboxylic acids is 2. The summed E-state index contributed by atoms with van der Waals surface area (Å²) in [6.45, 7) is 8.73. The molecule has 4 rings (SSSR count). The molecule has 1 aliphatic heterocycles. The van der Waals surface area contributed by atoms with Crippen molar-refractivity contribution in [2.45, 2.75) is 82.9 Å². The van der Waals surface area contributed by atoms with E-state index in [9.17, 15) is 14.2 Å². The van der Waals surface area contributed by atoms with E-state index in [0.717, 1.165) is 4.57 Å². The number of nitrogens with zero attached hydrogens (tertiary/aromatic N) is 4. The number of hydrogen-bond donors (Lipinski definition) is 3. The molecule has 0 spiro atoms. The van der Waals surface area contributed by atoms with Crippen LogP contribution in [0.3, 0.4) is 0 Å². The highest BCUT2D eigenvalue weighted by molar-refractivity contribution is 7.52. The smallest absolute Gasteiger partial charge is 0.462 e. The average molecular weight is 702 g/mol. The van der Waals surface area contributed by atoms with Crippen LogP contribution < -0.4 is 20.7 Å². The second-order valence-corrected chi connectivity index (χ2v) is 14.0. The molecule has 0 unspecified atom stereocenters. The maximum Gasteiger partial charge on any atom is 0.509 e. The summed E-state index contributed by atoms with van der Waals surface area (Å²) < 4.78 is 65.1. The van der Waals surface area contributed by atoms with Crippen LogP contribution in [0.15, 0.2) is 36.7 Å². The number of halogens is 2. The van der Waals surface area contributed by atoms with Crippen LogP contribution in [0.4, 0.5) is 21.0 Å². The van der Waals surface area contributed by atoms with Crippen LogP contribution in [-0.4, -0.2) is 80.4 Å². The van der Waals surface area contributed by atoms with Gasteiger partial charge in [-0.15, -0.1) is 0 Å². The molecular weight excluding hydrogens is 664 g/mol. The van der Waals surface area contributed by atoms with Gasteiger partial charge in [0.05, 0.1) is 19.0 Å². The number of anilines is 2. The Kier molecular flexibility index (Phi) is 10.9. The van der Waals surface area contributed by atoms with Gasteiger partial charge in [-0.05, 0) is 53.7 Å². The van der Waals surface area contributed by atoms with Crippen molar-refractivity contribution in [1.82, 2.24) is 24.6 Å². The first-order valence-electron chi connectivity index (χ1n) is 14.5. The fourth-order valence-corrected chi connectivity index (χ4v) is 6.25. The predicted molar refractivity (Wildman–Crippen MR) is 168 cm³/mol. The van der Waals surface area contributed by atoms with E-state index < -0.39 is 67.8 Å². The molecule has 2 aromatic heterocycles. The van der Waals surface area contributed by atoms with Crippen molar-refractivity contribution in [3.63, 3.8) is 0 Å². The normalized spacial score (nSPS) is 23.2. The SMILES string of the molecule is CNc1nc(N)nc2c1ncn2[C@@H]1O[C@H](CO[P@](=O)(N[C@@H](C)C(=O)OC(C)C)Oc2ccccc2)[C@@H](OC(=O)OC(C)(C)C)[C@]1(F)Cl. The summed E-state index contributed by atoms with van der Waals surface area (Å²) >= 11 is 6.47. The molecule has 6 atom stereocenters. The second-order valence-electron chi connectivity index (χ2n) is 11.7. The Morgan fingerprint density at radius 1 is 1.21 bits per heavy atom. The summed E-state index contributed by atoms with van der Waals surface area (Å²) in [6, 6.07) is 6.80. The van der Waals surface area contributed by atoms with Gasteiger partial charge in [-0.3, -0.25) is 13.9 Å². The third-order valence-corrected chi connectivity index (χ3v) is 8.37. The first-order valence-corrected chi connectivity index (χ1v) is 16.4. The lowest BCUT2D eigenvalue weighted by Gasteiger charge is -2.28. The Balaban J connectivity index is 1.68. The number of nitrogens with one attached hydrogen (secondary N) is 2. The number of para-hydroxylation sites is 1. The maximum absolute atomic E-state index is 16.7. The molecule has 0 saturated carbocycles. The average Bonchev–Trinajstić information content (AvgIpc) is 3.48. The number of rotatable bonds is 12. The first-order chi connectivity index (χ1) is 21.9. The van der Waals surface area contributed by atoms with Crippen molar-refractivity contribution in [3.05, 3.63) is 36.7 Å². The number of ether oxygens (including phenoxy) is 4. The summed E-state index contributed by atoms with van der Waals surface area (Å²) in [4.78, 5) is 37.8. The molecule has 1 aliphatic rings. The van der Waals surface area contributed by atoms with Crippen molar-refractivity contribution in [3.8, 4) is 5.75 Å². The minimum absolute atomic E-state index is 0.0457. The van der Waals surface area contributed by atoms with Gasteiger partial charge in [0.15, 0.2) is 29.3 Å². The number of aromatic nitrogens is 4. The zero-order valence-corrected chi connectivity index (χ0v) is 28.5. The molecule has 1 aromatic carbocycles. The minimum atomic E-state index is -4.45. The quantitative estimate of drug-likeness (QED) is 0.133. The molecule has 47 heavy (non-hydrogen) atoms. The minimum Gasteiger partial charge on any atom is -0.462 e. The van der Waals surface area contributed by atoms with Gasteiger partial charge >= 0.3 is 19.9 Å². The van der Waals surface area contributed by atoms with Gasteiger partial charge in [-0.25, -0.2) is 18.7 Å². The van der Waals surface area contributed by atoms with Crippen LogP contribution >= 0.6 is 19.3 Å². The summed E-state index contributed by atoms with van der Waals surface area (Å²) in [5.74, 6) is -0.516. The molecule has 1 fully saturated rings. The highest BCUT2D eigenvalue weighted by atomic mass is 35.5. The fraction of sp³-hybridized carbons (Fsp3) is 0.536. The third-order valence-electron chi connectivity index (χ3n) is 6.33. The summed E-state index contributed by atoms with van der Waals surface area (Å²) in [7, 11) is -2.87. The topological polar surface area (TPSA) is 200 Å². The van der Waals surface area contributed by atoms with Crippen LogP contribution in [0.2, 0.25) is 0 Å². The van der Waals surface area contributed by atoms with Gasteiger partial charge in [0.2, 0.25) is 5.95 Å². The number of esters is 1. The fourth-order valence-electron chi connectivity index (χ4n) is 4.41. The lowest BCUT2D eigenvalue weighted by atomic mass is 10.1. The van der Waals surface area contributed by atoms with E-state index in [1.807, 2.05) is 0 Å².